The lowest BCUT2D eigenvalue weighted by atomic mass is 10.5. The van der Waals surface area contributed by atoms with E-state index in [1.165, 1.54) is 12.3 Å². The van der Waals surface area contributed by atoms with Crippen LogP contribution in [-0.4, -0.2) is 23.1 Å². The van der Waals surface area contributed by atoms with Crippen LogP contribution in [0.5, 0.6) is 0 Å². The van der Waals surface area contributed by atoms with Gasteiger partial charge in [-0.2, -0.15) is 0 Å². The fourth-order valence-electron chi connectivity index (χ4n) is 1.54. The third kappa shape index (κ3) is 3.13. The van der Waals surface area contributed by atoms with E-state index in [-0.39, 0.29) is 22.9 Å². The Morgan fingerprint density at radius 1 is 1.53 bits per heavy atom. The Bertz CT molecular complexity index is 726. The first kappa shape index (κ1) is 14.0. The van der Waals surface area contributed by atoms with Gasteiger partial charge in [0, 0.05) is 30.0 Å². The van der Waals surface area contributed by atoms with Crippen LogP contribution in [0, 0.1) is 0 Å². The summed E-state index contributed by atoms with van der Waals surface area (Å²) >= 11 is 0.978. The molecule has 9 heteroatoms. The van der Waals surface area contributed by atoms with E-state index in [4.69, 9.17) is 5.11 Å². The predicted octanol–water partition coefficient (Wildman–Crippen LogP) is -0.254. The standard InChI is InChI=1S/C10H13N3O4S2/c1-13-4-9(2-8(13)5-14)19(16,17)11-3-7-6-18-10(15)12-7/h2,4,6,11,14H,3,5H2,1H3,(H,12,15). The van der Waals surface area contributed by atoms with Crippen LogP contribution in [0.4, 0.5) is 0 Å². The first-order chi connectivity index (χ1) is 8.92. The minimum atomic E-state index is -3.66. The molecule has 2 heterocycles. The normalized spacial score (nSPS) is 11.9. The highest BCUT2D eigenvalue weighted by Crippen LogP contribution is 2.13. The first-order valence-corrected chi connectivity index (χ1v) is 7.71. The molecule has 0 unspecified atom stereocenters. The zero-order valence-corrected chi connectivity index (χ0v) is 11.7. The minimum Gasteiger partial charge on any atom is -0.390 e. The highest BCUT2D eigenvalue weighted by atomic mass is 32.2. The van der Waals surface area contributed by atoms with Crippen LogP contribution in [0.15, 0.2) is 27.3 Å². The maximum atomic E-state index is 12.0. The van der Waals surface area contributed by atoms with Gasteiger partial charge in [0.05, 0.1) is 18.0 Å². The molecule has 0 aromatic carbocycles. The lowest BCUT2D eigenvalue weighted by Crippen LogP contribution is -2.23. The molecule has 3 N–H and O–H groups in total. The van der Waals surface area contributed by atoms with Crippen molar-refractivity contribution < 1.29 is 13.5 Å². The van der Waals surface area contributed by atoms with Crippen molar-refractivity contribution in [3.8, 4) is 0 Å². The Morgan fingerprint density at radius 3 is 2.79 bits per heavy atom. The molecule has 19 heavy (non-hydrogen) atoms. The molecule has 0 aliphatic carbocycles. The van der Waals surface area contributed by atoms with Gasteiger partial charge in [-0.1, -0.05) is 11.3 Å². The van der Waals surface area contributed by atoms with Gasteiger partial charge in [0.25, 0.3) is 0 Å². The zero-order chi connectivity index (χ0) is 14.0. The largest absolute Gasteiger partial charge is 0.390 e. The number of aliphatic hydroxyl groups excluding tert-OH is 1. The molecule has 2 aromatic rings. The van der Waals surface area contributed by atoms with Gasteiger partial charge in [-0.05, 0) is 6.07 Å². The van der Waals surface area contributed by atoms with Gasteiger partial charge in [-0.15, -0.1) is 0 Å². The van der Waals surface area contributed by atoms with Gasteiger partial charge in [-0.3, -0.25) is 4.79 Å². The lowest BCUT2D eigenvalue weighted by Gasteiger charge is -2.02. The Kier molecular flexibility index (Phi) is 3.90. The molecule has 0 spiro atoms. The molecule has 2 rings (SSSR count). The second-order valence-corrected chi connectivity index (χ2v) is 6.54. The molecule has 0 fully saturated rings. The van der Waals surface area contributed by atoms with E-state index >= 15 is 0 Å². The molecule has 0 radical (unpaired) electrons. The van der Waals surface area contributed by atoms with E-state index in [9.17, 15) is 13.2 Å². The highest BCUT2D eigenvalue weighted by molar-refractivity contribution is 7.89. The van der Waals surface area contributed by atoms with Crippen molar-refractivity contribution in [1.82, 2.24) is 14.3 Å². The van der Waals surface area contributed by atoms with Crippen LogP contribution in [0.2, 0.25) is 0 Å². The summed E-state index contributed by atoms with van der Waals surface area (Å²) in [7, 11) is -2.01. The summed E-state index contributed by atoms with van der Waals surface area (Å²) in [5, 5.41) is 10.6. The summed E-state index contributed by atoms with van der Waals surface area (Å²) in [6.45, 7) is -0.214. The Balaban J connectivity index is 2.15. The number of hydrogen-bond donors (Lipinski definition) is 3. The number of aromatic amines is 1. The quantitative estimate of drug-likeness (QED) is 0.708. The van der Waals surface area contributed by atoms with Crippen LogP contribution in [0.25, 0.3) is 0 Å². The van der Waals surface area contributed by atoms with Crippen LogP contribution < -0.4 is 9.60 Å². The number of rotatable bonds is 5. The molecular weight excluding hydrogens is 290 g/mol. The van der Waals surface area contributed by atoms with E-state index in [0.29, 0.717) is 11.4 Å². The van der Waals surface area contributed by atoms with Crippen molar-refractivity contribution in [2.75, 3.05) is 0 Å². The van der Waals surface area contributed by atoms with Crippen LogP contribution >= 0.6 is 11.3 Å². The monoisotopic (exact) mass is 303 g/mol. The first-order valence-electron chi connectivity index (χ1n) is 5.35. The average molecular weight is 303 g/mol. The number of sulfonamides is 1. The summed E-state index contributed by atoms with van der Waals surface area (Å²) in [6, 6.07) is 1.40. The Morgan fingerprint density at radius 2 is 2.26 bits per heavy atom. The number of hydrogen-bond acceptors (Lipinski definition) is 5. The van der Waals surface area contributed by atoms with E-state index in [1.54, 1.807) is 17.0 Å². The van der Waals surface area contributed by atoms with E-state index < -0.39 is 10.0 Å². The van der Waals surface area contributed by atoms with E-state index in [2.05, 4.69) is 9.71 Å². The van der Waals surface area contributed by atoms with Gasteiger partial charge in [0.2, 0.25) is 10.0 Å². The van der Waals surface area contributed by atoms with Crippen LogP contribution in [-0.2, 0) is 30.2 Å². The third-order valence-electron chi connectivity index (χ3n) is 2.58. The average Bonchev–Trinajstić information content (AvgIpc) is 2.93. The molecule has 0 atom stereocenters. The van der Waals surface area contributed by atoms with E-state index in [0.717, 1.165) is 11.3 Å². The van der Waals surface area contributed by atoms with Crippen molar-refractivity contribution in [3.63, 3.8) is 0 Å². The third-order valence-corrected chi connectivity index (χ3v) is 4.67. The summed E-state index contributed by atoms with van der Waals surface area (Å²) in [5.74, 6) is 0. The number of nitrogens with one attached hydrogen (secondary N) is 2. The molecule has 0 amide bonds. The van der Waals surface area contributed by atoms with Crippen molar-refractivity contribution in [3.05, 3.63) is 38.7 Å². The summed E-state index contributed by atoms with van der Waals surface area (Å²) in [4.78, 5) is 13.3. The maximum Gasteiger partial charge on any atom is 0.304 e. The van der Waals surface area contributed by atoms with Crippen molar-refractivity contribution in [2.24, 2.45) is 7.05 Å². The second-order valence-electron chi connectivity index (χ2n) is 3.93. The molecule has 0 aliphatic rings. The van der Waals surface area contributed by atoms with Gasteiger partial charge in [0.1, 0.15) is 0 Å². The lowest BCUT2D eigenvalue weighted by molar-refractivity contribution is 0.272. The fraction of sp³-hybridized carbons (Fsp3) is 0.300. The van der Waals surface area contributed by atoms with Crippen molar-refractivity contribution >= 4 is 21.4 Å². The number of H-pyrrole nitrogens is 1. The Labute approximate surface area is 113 Å². The van der Waals surface area contributed by atoms with E-state index in [1.807, 2.05) is 0 Å². The summed E-state index contributed by atoms with van der Waals surface area (Å²) in [6.07, 6.45) is 1.42. The Hall–Kier alpha value is -1.42. The molecule has 104 valence electrons. The SMILES string of the molecule is Cn1cc(S(=O)(=O)NCc2csc(=O)[nH]2)cc1CO. The number of thiazole rings is 1. The molecule has 0 bridgehead atoms. The van der Waals surface area contributed by atoms with Crippen LogP contribution in [0.3, 0.4) is 0 Å². The van der Waals surface area contributed by atoms with Crippen molar-refractivity contribution in [2.45, 2.75) is 18.0 Å². The topological polar surface area (TPSA) is 104 Å². The highest BCUT2D eigenvalue weighted by Gasteiger charge is 2.17. The second kappa shape index (κ2) is 5.29. The molecule has 2 aromatic heterocycles. The maximum absolute atomic E-state index is 12.0. The number of nitrogens with zero attached hydrogens (tertiary/aromatic N) is 1. The predicted molar refractivity (Wildman–Crippen MR) is 70.3 cm³/mol. The summed E-state index contributed by atoms with van der Waals surface area (Å²) < 4.78 is 27.9. The molecule has 0 saturated carbocycles. The number of aliphatic hydroxyl groups is 1. The number of aromatic nitrogens is 2. The minimum absolute atomic E-state index is 0.0183. The smallest absolute Gasteiger partial charge is 0.304 e. The van der Waals surface area contributed by atoms with Gasteiger partial charge in [-0.25, -0.2) is 13.1 Å². The van der Waals surface area contributed by atoms with Crippen molar-refractivity contribution in [1.29, 1.82) is 0 Å². The number of aryl methyl sites for hydroxylation is 1. The molecule has 0 aliphatic heterocycles. The molecule has 7 nitrogen and oxygen atoms in total. The zero-order valence-electron chi connectivity index (χ0n) is 10.1. The van der Waals surface area contributed by atoms with Gasteiger partial charge < -0.3 is 14.7 Å². The fourth-order valence-corrected chi connectivity index (χ4v) is 3.22. The van der Waals surface area contributed by atoms with Gasteiger partial charge in [0.15, 0.2) is 0 Å². The molecule has 0 saturated heterocycles. The van der Waals surface area contributed by atoms with Crippen LogP contribution in [0.1, 0.15) is 11.4 Å². The van der Waals surface area contributed by atoms with Gasteiger partial charge >= 0.3 is 4.87 Å². The molecular formula is C10H13N3O4S2. The summed E-state index contributed by atoms with van der Waals surface area (Å²) in [5.41, 5.74) is 1.02.